The molecule has 2 saturated carbocycles. The van der Waals surface area contributed by atoms with Crippen molar-refractivity contribution in [1.82, 2.24) is 41.7 Å². The number of fused-ring (bicyclic) bond motifs is 4. The number of rotatable bonds is 17. The number of ether oxygens (including phenoxy) is 6. The number of nitro groups is 1. The van der Waals surface area contributed by atoms with Gasteiger partial charge in [0.05, 0.1) is 25.7 Å². The Kier molecular flexibility index (Phi) is 23.9. The van der Waals surface area contributed by atoms with Gasteiger partial charge >= 0.3 is 36.3 Å². The summed E-state index contributed by atoms with van der Waals surface area (Å²) in [5, 5.41) is 36.2. The zero-order chi connectivity index (χ0) is 64.1. The predicted octanol–water partition coefficient (Wildman–Crippen LogP) is 4.37. The molecule has 3 saturated heterocycles. The summed E-state index contributed by atoms with van der Waals surface area (Å²) in [7, 11) is 2.46. The van der Waals surface area contributed by atoms with Crippen LogP contribution in [0.1, 0.15) is 133 Å². The summed E-state index contributed by atoms with van der Waals surface area (Å²) in [6, 6.07) is -0.558. The van der Waals surface area contributed by atoms with E-state index in [0.29, 0.717) is 58.2 Å². The van der Waals surface area contributed by atoms with Crippen LogP contribution in [0.4, 0.5) is 24.9 Å². The first-order valence-electron chi connectivity index (χ1n) is 29.3. The number of carbonyl (C=O) groups excluding carboxylic acids is 10. The van der Waals surface area contributed by atoms with E-state index in [4.69, 9.17) is 28.4 Å². The number of nitrogens with one attached hydrogen (secondary N) is 6. The van der Waals surface area contributed by atoms with Crippen LogP contribution in [0.5, 0.6) is 5.75 Å². The maximum Gasteiger partial charge on any atom is 0.412 e. The highest BCUT2D eigenvalue weighted by Gasteiger charge is 2.71. The number of cyclic esters (lactones) is 1. The van der Waals surface area contributed by atoms with E-state index >= 15 is 0 Å². The maximum absolute atomic E-state index is 13.8. The number of nitrogens with zero attached hydrogens (tertiary/aromatic N) is 3. The average molecular weight is 1220 g/mol. The predicted molar refractivity (Wildman–Crippen MR) is 306 cm³/mol. The fourth-order valence-electron chi connectivity index (χ4n) is 11.6. The van der Waals surface area contributed by atoms with Crippen molar-refractivity contribution < 1.29 is 86.4 Å². The standard InChI is InChI=1S/C32H47N5O11.C26H42N4O8/c1-31(2,3)48-30(43)35-22(11-9-17-38)27(40)36-18-21-24(32(21,4)5)25(36)26(39)34-23(28(41)46-6)10-7-8-16-33-29(42)47-20-14-12-19(13-15-20)37(44)45;1-25(2,3)38-24(35)29-16-11-9-13-37-23(34)27-12-8-7-10-17(22(33)36-6)28-20(31)19-18-15(26(18,4)5)14-30(19)21(16)32/h12-15,21-25,38H,7-11,16-18H2,1-6H3,(H,33,42)(H,34,39)(H,35,43);15-19H,7-14H2,1-6H3,(H,27,34)(H,28,31)(H,29,35)/t21?,22-,23-,24-,25-;15-,16-,17-,18-,19-/m00/s1. The van der Waals surface area contributed by atoms with Crippen LogP contribution in [-0.2, 0) is 52.5 Å². The monoisotopic (exact) mass is 1220 g/mol. The molecule has 28 nitrogen and oxygen atoms in total. The van der Waals surface area contributed by atoms with Crippen molar-refractivity contribution in [3.05, 3.63) is 34.4 Å². The molecule has 480 valence electrons. The van der Waals surface area contributed by atoms with Gasteiger partial charge in [0.25, 0.3) is 5.69 Å². The van der Waals surface area contributed by atoms with Crippen molar-refractivity contribution in [1.29, 1.82) is 0 Å². The molecule has 7 N–H and O–H groups in total. The third-order valence-corrected chi connectivity index (χ3v) is 16.3. The van der Waals surface area contributed by atoms with E-state index in [1.807, 2.05) is 13.8 Å². The summed E-state index contributed by atoms with van der Waals surface area (Å²) < 4.78 is 30.8. The molecular formula is C58H89N9O19. The molecule has 8 amide bonds. The Labute approximate surface area is 501 Å². The number of alkyl carbamates (subject to hydrolysis) is 3. The Hall–Kier alpha value is -7.52. The van der Waals surface area contributed by atoms with Crippen LogP contribution in [0.3, 0.4) is 0 Å². The fraction of sp³-hybridized carbons (Fsp3) is 0.724. The zero-order valence-electron chi connectivity index (χ0n) is 51.5. The second-order valence-corrected chi connectivity index (χ2v) is 25.5. The lowest BCUT2D eigenvalue weighted by molar-refractivity contribution is -0.384. The number of unbranched alkanes of at least 4 members (excludes halogenated alkanes) is 1. The number of aliphatic hydroxyl groups is 1. The Balaban J connectivity index is 0.000000322. The van der Waals surface area contributed by atoms with Crippen LogP contribution in [0.15, 0.2) is 24.3 Å². The van der Waals surface area contributed by atoms with Crippen LogP contribution in [0.25, 0.3) is 0 Å². The van der Waals surface area contributed by atoms with Gasteiger partial charge in [0.1, 0.15) is 53.2 Å². The SMILES string of the molecule is COC(=O)[C@@H]1CCCCNC(=O)OCCC[C@H](NC(=O)OC(C)(C)C)C(=O)N2C[C@H]3[C@@H]([C@H]2C(=O)N1)C3(C)C.COC(=O)[C@H](CCCCNC(=O)Oc1ccc([N+](=O)[O-])cc1)NC(=O)[C@@H]1[C@@H]2C(CN1C(=O)[C@H](CCCO)NC(=O)OC(C)(C)C)C2(C)C. The van der Waals surface area contributed by atoms with Gasteiger partial charge in [-0.1, -0.05) is 27.7 Å². The first-order chi connectivity index (χ1) is 40.3. The fourth-order valence-corrected chi connectivity index (χ4v) is 11.6. The van der Waals surface area contributed by atoms with Gasteiger partial charge in [-0.05, 0) is 152 Å². The molecule has 3 heterocycles. The van der Waals surface area contributed by atoms with Gasteiger partial charge < -0.3 is 75.2 Å². The number of carbonyl (C=O) groups is 10. The minimum Gasteiger partial charge on any atom is -0.467 e. The summed E-state index contributed by atoms with van der Waals surface area (Å²) in [4.78, 5) is 143. The molecule has 1 unspecified atom stereocenters. The smallest absolute Gasteiger partial charge is 0.412 e. The molecule has 0 bridgehead atoms. The molecule has 2 aliphatic carbocycles. The summed E-state index contributed by atoms with van der Waals surface area (Å²) in [6.07, 6.45) is 0.448. The van der Waals surface area contributed by atoms with Crippen LogP contribution in [0.2, 0.25) is 0 Å². The van der Waals surface area contributed by atoms with Crippen LogP contribution in [0, 0.1) is 44.6 Å². The molecule has 3 aliphatic heterocycles. The Morgan fingerprint density at radius 3 is 2.03 bits per heavy atom. The molecule has 0 spiro atoms. The van der Waals surface area contributed by atoms with Crippen molar-refractivity contribution in [3.8, 4) is 5.75 Å². The largest absolute Gasteiger partial charge is 0.467 e. The quantitative estimate of drug-likeness (QED) is 0.0374. The highest BCUT2D eigenvalue weighted by molar-refractivity contribution is 5.96. The number of hydrogen-bond donors (Lipinski definition) is 7. The third kappa shape index (κ3) is 19.0. The summed E-state index contributed by atoms with van der Waals surface area (Å²) in [5.74, 6) is -2.98. The zero-order valence-corrected chi connectivity index (χ0v) is 51.5. The third-order valence-electron chi connectivity index (χ3n) is 16.3. The van der Waals surface area contributed by atoms with Crippen molar-refractivity contribution in [2.24, 2.45) is 34.5 Å². The van der Waals surface area contributed by atoms with Crippen molar-refractivity contribution >= 4 is 65.6 Å². The normalized spacial score (nSPS) is 24.8. The second-order valence-electron chi connectivity index (χ2n) is 25.5. The Morgan fingerprint density at radius 2 is 1.42 bits per heavy atom. The average Bonchev–Trinajstić information content (AvgIpc) is 1.59. The lowest BCUT2D eigenvalue weighted by Gasteiger charge is -2.34. The van der Waals surface area contributed by atoms with E-state index in [9.17, 15) is 63.2 Å². The number of methoxy groups -OCH3 is 2. The van der Waals surface area contributed by atoms with Gasteiger partial charge in [0.15, 0.2) is 0 Å². The molecule has 0 aromatic heterocycles. The number of nitro benzene ring substituents is 1. The Morgan fingerprint density at radius 1 is 0.791 bits per heavy atom. The highest BCUT2D eigenvalue weighted by atomic mass is 16.6. The van der Waals surface area contributed by atoms with E-state index in [1.54, 1.807) is 41.5 Å². The maximum atomic E-state index is 13.8. The lowest BCUT2D eigenvalue weighted by atomic mass is 9.98. The summed E-state index contributed by atoms with van der Waals surface area (Å²) >= 11 is 0. The van der Waals surface area contributed by atoms with E-state index in [0.717, 1.165) is 0 Å². The summed E-state index contributed by atoms with van der Waals surface area (Å²) in [6.45, 7) is 19.5. The van der Waals surface area contributed by atoms with Gasteiger partial charge in [-0.2, -0.15) is 0 Å². The molecule has 0 radical (unpaired) electrons. The molecule has 1 aromatic carbocycles. The van der Waals surface area contributed by atoms with Crippen molar-refractivity contribution in [2.45, 2.75) is 181 Å². The first-order valence-corrected chi connectivity index (χ1v) is 29.3. The Bertz CT molecular complexity index is 2620. The highest BCUT2D eigenvalue weighted by Crippen LogP contribution is 2.66. The lowest BCUT2D eigenvalue weighted by Crippen LogP contribution is -2.57. The van der Waals surface area contributed by atoms with Crippen LogP contribution >= 0.6 is 0 Å². The van der Waals surface area contributed by atoms with E-state index in [1.165, 1.54) is 48.3 Å². The van der Waals surface area contributed by atoms with Gasteiger partial charge in [0.2, 0.25) is 23.6 Å². The second kappa shape index (κ2) is 29.7. The number of aliphatic hydroxyl groups excluding tert-OH is 1. The number of hydrogen-bond acceptors (Lipinski definition) is 19. The summed E-state index contributed by atoms with van der Waals surface area (Å²) in [5.41, 5.74) is -2.05. The number of benzene rings is 1. The van der Waals surface area contributed by atoms with E-state index in [2.05, 4.69) is 45.7 Å². The molecule has 28 heteroatoms. The molecule has 5 aliphatic rings. The number of likely N-dealkylation sites (tertiary alicyclic amines) is 1. The molecule has 86 heavy (non-hydrogen) atoms. The first kappa shape index (κ1) is 69.3. The number of esters is 2. The molecule has 10 atom stereocenters. The van der Waals surface area contributed by atoms with Gasteiger partial charge in [-0.15, -0.1) is 0 Å². The van der Waals surface area contributed by atoms with Gasteiger partial charge in [0, 0.05) is 44.9 Å². The molecule has 6 rings (SSSR count). The van der Waals surface area contributed by atoms with Gasteiger partial charge in [-0.25, -0.2) is 28.8 Å². The molecule has 1 aromatic rings. The van der Waals surface area contributed by atoms with Crippen molar-refractivity contribution in [2.75, 3.05) is 53.6 Å². The van der Waals surface area contributed by atoms with Crippen molar-refractivity contribution in [3.63, 3.8) is 0 Å². The topological polar surface area (TPSA) is 368 Å². The van der Waals surface area contributed by atoms with E-state index in [-0.39, 0.29) is 91.4 Å². The number of piperidine rings is 2. The van der Waals surface area contributed by atoms with Gasteiger partial charge in [-0.3, -0.25) is 29.3 Å². The van der Waals surface area contributed by atoms with Crippen LogP contribution < -0.4 is 36.6 Å². The minimum atomic E-state index is -1.03. The minimum absolute atomic E-state index is 0.0469. The number of amides is 8. The number of non-ortho nitro benzene ring substituents is 1. The molecule has 5 fully saturated rings. The van der Waals surface area contributed by atoms with Crippen LogP contribution in [-0.4, -0.2) is 181 Å². The van der Waals surface area contributed by atoms with E-state index < -0.39 is 112 Å². The molecular weight excluding hydrogens is 1130 g/mol.